The minimum atomic E-state index is -4.54. The van der Waals surface area contributed by atoms with Gasteiger partial charge in [-0.25, -0.2) is 0 Å². The summed E-state index contributed by atoms with van der Waals surface area (Å²) in [5, 5.41) is 17.3. The van der Waals surface area contributed by atoms with Gasteiger partial charge in [0.15, 0.2) is 11.6 Å². The van der Waals surface area contributed by atoms with Gasteiger partial charge in [-0.2, -0.15) is 52.7 Å². The van der Waals surface area contributed by atoms with E-state index in [2.05, 4.69) is 68.2 Å². The Morgan fingerprint density at radius 3 is 1.18 bits per heavy atom. The van der Waals surface area contributed by atoms with Gasteiger partial charge in [0, 0.05) is 73.9 Å². The molecule has 3 fully saturated rings. The van der Waals surface area contributed by atoms with Gasteiger partial charge in [0.1, 0.15) is 6.54 Å². The molecular weight excluding hydrogens is 1320 g/mol. The van der Waals surface area contributed by atoms with E-state index in [1.54, 1.807) is 0 Å². The van der Waals surface area contributed by atoms with E-state index >= 15 is 0 Å². The second-order valence-electron chi connectivity index (χ2n) is 22.0. The fourth-order valence-corrected chi connectivity index (χ4v) is 9.85. The number of carboxylic acids is 1. The van der Waals surface area contributed by atoms with E-state index in [9.17, 15) is 86.2 Å². The number of nitrogens with two attached hydrogens (primary N) is 1. The van der Waals surface area contributed by atoms with Crippen molar-refractivity contribution < 1.29 is 126 Å². The van der Waals surface area contributed by atoms with E-state index in [-0.39, 0.29) is 93.8 Å². The molecule has 30 heteroatoms. The standard InChI is InChI=1S/C22H23F3N2O2.C15H17F3N2O2.C11H16N2.C10H8F3NO3.C8H4ClF3O.Na.H2O/c23-22(24,25)19-8-4-7-18(12-19)21(29)26-13-20(28)11-17-9-10-27(15-17)14-16-5-2-1-3-6-16;16-15(17,18)12-3-1-2-11(7-12)14(22)20-9-13(21)6-10-4-5-19-8-10;12-11-6-7-13(9-11)8-10-4-2-1-3-5-10;11-10(12,13)7-3-1-2-6(4-7)9(17)14-5-8(15)16;9-7(13)5-2-1-3-6(4-5)8(10,11)12;;/h1-8,12,17H,9-11,13-15H2,(H,26,29);1-3,7,10,19H,4-6,8-9H2,(H,20,22);1-5,11H,6-9,12H2;1-4H,5H2,(H,14,17)(H,15,16);1-4H;;1H2/q;;;;;+1;/p-1. The number of halogens is 13. The number of nitrogens with one attached hydrogen (secondary N) is 4. The third kappa shape index (κ3) is 30.3. The van der Waals surface area contributed by atoms with Crippen molar-refractivity contribution in [2.45, 2.75) is 75.9 Å². The summed E-state index contributed by atoms with van der Waals surface area (Å²) in [4.78, 5) is 84.5. The maximum absolute atomic E-state index is 12.8. The number of carbonyl (C=O) groups is 7. The van der Waals surface area contributed by atoms with Crippen LogP contribution < -0.4 is 56.6 Å². The van der Waals surface area contributed by atoms with Gasteiger partial charge in [0.2, 0.25) is 0 Å². The Morgan fingerprint density at radius 2 is 0.833 bits per heavy atom. The monoisotopic (exact) mass is 1390 g/mol. The van der Waals surface area contributed by atoms with Gasteiger partial charge in [-0.15, -0.1) is 0 Å². The van der Waals surface area contributed by atoms with E-state index in [1.165, 1.54) is 47.5 Å². The molecule has 3 heterocycles. The van der Waals surface area contributed by atoms with E-state index < -0.39 is 82.4 Å². The van der Waals surface area contributed by atoms with Crippen molar-refractivity contribution >= 4 is 52.1 Å². The largest absolute Gasteiger partial charge is 1.00 e. The van der Waals surface area contributed by atoms with Crippen LogP contribution in [0.25, 0.3) is 0 Å². The Morgan fingerprint density at radius 1 is 0.479 bits per heavy atom. The van der Waals surface area contributed by atoms with Gasteiger partial charge in [-0.1, -0.05) is 91.0 Å². The van der Waals surface area contributed by atoms with Crippen LogP contribution in [0.5, 0.6) is 0 Å². The van der Waals surface area contributed by atoms with Crippen molar-refractivity contribution in [3.63, 3.8) is 0 Å². The first-order chi connectivity index (χ1) is 44.2. The van der Waals surface area contributed by atoms with Crippen molar-refractivity contribution in [1.82, 2.24) is 31.1 Å². The summed E-state index contributed by atoms with van der Waals surface area (Å²) in [5.74, 6) is -3.21. The van der Waals surface area contributed by atoms with Crippen molar-refractivity contribution in [3.8, 4) is 0 Å². The fraction of sp³-hybridized carbons (Fsp3) is 0.348. The zero-order valence-electron chi connectivity index (χ0n) is 51.7. The predicted molar refractivity (Wildman–Crippen MR) is 327 cm³/mol. The van der Waals surface area contributed by atoms with Crippen LogP contribution in [0.2, 0.25) is 0 Å². The molecular formula is C66H69ClF12N7NaO9. The molecule has 3 saturated heterocycles. The van der Waals surface area contributed by atoms with Crippen LogP contribution in [-0.4, -0.2) is 126 Å². The minimum Gasteiger partial charge on any atom is -0.870 e. The number of hydrogen-bond donors (Lipinski definition) is 6. The van der Waals surface area contributed by atoms with Crippen molar-refractivity contribution in [2.75, 3.05) is 58.9 Å². The van der Waals surface area contributed by atoms with Gasteiger partial charge in [-0.3, -0.25) is 43.4 Å². The second-order valence-corrected chi connectivity index (χ2v) is 22.4. The summed E-state index contributed by atoms with van der Waals surface area (Å²) in [6, 6.07) is 37.1. The van der Waals surface area contributed by atoms with E-state index in [0.717, 1.165) is 126 Å². The number of amides is 3. The number of rotatable bonds is 18. The quantitative estimate of drug-likeness (QED) is 0.0268. The SMILES string of the molecule is NC1CCN(Cc2ccccc2)C1.O=C(CNC(=O)c1cccc(C(F)(F)F)c1)CC1CCN(Cc2ccccc2)C1.O=C(CNC(=O)c1cccc(C(F)(F)F)c1)CC1CCNC1.O=C(Cl)c1cccc(C(F)(F)F)c1.O=C(O)CNC(=O)c1cccc(C(F)(F)F)c1.[Na+].[OH-]. The van der Waals surface area contributed by atoms with Crippen molar-refractivity contribution in [2.24, 2.45) is 17.6 Å². The number of carboxylic acid groups (broad SMARTS) is 1. The molecule has 3 aliphatic heterocycles. The molecule has 3 unspecified atom stereocenters. The molecule has 96 heavy (non-hydrogen) atoms. The van der Waals surface area contributed by atoms with Crippen LogP contribution in [0.15, 0.2) is 158 Å². The van der Waals surface area contributed by atoms with Crippen molar-refractivity contribution in [3.05, 3.63) is 213 Å². The number of ketones is 2. The first-order valence-corrected chi connectivity index (χ1v) is 29.6. The molecule has 16 nitrogen and oxygen atoms in total. The van der Waals surface area contributed by atoms with Gasteiger partial charge in [-0.05, 0) is 140 Å². The molecule has 8 N–H and O–H groups in total. The van der Waals surface area contributed by atoms with E-state index in [0.29, 0.717) is 24.9 Å². The Hall–Kier alpha value is -7.54. The first kappa shape index (κ1) is 82.7. The van der Waals surface area contributed by atoms with Crippen molar-refractivity contribution in [1.29, 1.82) is 0 Å². The summed E-state index contributed by atoms with van der Waals surface area (Å²) in [6.07, 6.45) is -14.3. The first-order valence-electron chi connectivity index (χ1n) is 29.2. The smallest absolute Gasteiger partial charge is 0.870 e. The number of alkyl halides is 12. The number of nitrogens with zero attached hydrogens (tertiary/aromatic N) is 2. The van der Waals surface area contributed by atoms with Crippen LogP contribution in [0.3, 0.4) is 0 Å². The van der Waals surface area contributed by atoms with Crippen LogP contribution in [0.4, 0.5) is 52.7 Å². The number of hydrogen-bond acceptors (Lipinski definition) is 12. The molecule has 6 aromatic carbocycles. The summed E-state index contributed by atoms with van der Waals surface area (Å²) in [7, 11) is 0. The zero-order valence-corrected chi connectivity index (χ0v) is 54.5. The van der Waals surface area contributed by atoms with Crippen LogP contribution >= 0.6 is 11.6 Å². The number of carbonyl (C=O) groups excluding carboxylic acids is 6. The predicted octanol–water partition coefficient (Wildman–Crippen LogP) is 8.57. The maximum Gasteiger partial charge on any atom is 1.00 e. The molecule has 0 saturated carbocycles. The molecule has 0 aliphatic carbocycles. The molecule has 0 radical (unpaired) electrons. The second kappa shape index (κ2) is 39.6. The molecule has 0 bridgehead atoms. The summed E-state index contributed by atoms with van der Waals surface area (Å²) < 4.78 is 149. The van der Waals surface area contributed by atoms with E-state index in [1.807, 2.05) is 23.5 Å². The molecule has 9 rings (SSSR count). The number of benzene rings is 6. The number of Topliss-reactive ketones (excluding diaryl/α,β-unsaturated/α-hetero) is 2. The summed E-state index contributed by atoms with van der Waals surface area (Å²) in [6.45, 7) is 6.52. The summed E-state index contributed by atoms with van der Waals surface area (Å²) >= 11 is 5.02. The Bertz CT molecular complexity index is 3470. The van der Waals surface area contributed by atoms with Crippen LogP contribution in [0, 0.1) is 11.8 Å². The minimum absolute atomic E-state index is 0. The third-order valence-corrected chi connectivity index (χ3v) is 14.7. The zero-order chi connectivity index (χ0) is 69.2. The van der Waals surface area contributed by atoms with Crippen LogP contribution in [-0.2, 0) is 52.2 Å². The van der Waals surface area contributed by atoms with Gasteiger partial charge in [0.25, 0.3) is 23.0 Å². The maximum atomic E-state index is 12.8. The normalized spacial score (nSPS) is 16.1. The molecule has 6 aromatic rings. The Kier molecular flexibility index (Phi) is 34.1. The molecule has 0 spiro atoms. The number of likely N-dealkylation sites (tertiary alicyclic amines) is 2. The summed E-state index contributed by atoms with van der Waals surface area (Å²) in [5.41, 5.74) is 4.24. The topological polar surface area (TPSA) is 250 Å². The van der Waals surface area contributed by atoms with E-state index in [4.69, 9.17) is 22.4 Å². The fourth-order valence-electron chi connectivity index (χ4n) is 9.74. The Labute approximate surface area is 572 Å². The molecule has 0 aromatic heterocycles. The molecule has 3 atom stereocenters. The van der Waals surface area contributed by atoms with Gasteiger partial charge < -0.3 is 37.6 Å². The Balaban J connectivity index is 0.000000322. The van der Waals surface area contributed by atoms with Gasteiger partial charge in [0.05, 0.1) is 35.3 Å². The molecule has 3 aliphatic rings. The average molecular weight is 1390 g/mol. The third-order valence-electron chi connectivity index (χ3n) is 14.4. The van der Waals surface area contributed by atoms with Crippen LogP contribution in [0.1, 0.15) is 107 Å². The number of aliphatic carboxylic acids is 1. The average Bonchev–Trinajstić information content (AvgIpc) is 1.20. The molecule has 514 valence electrons. The molecule has 3 amide bonds. The van der Waals surface area contributed by atoms with Gasteiger partial charge >= 0.3 is 60.2 Å².